The van der Waals surface area contributed by atoms with Crippen molar-refractivity contribution >= 4 is 5.91 Å². The lowest BCUT2D eigenvalue weighted by molar-refractivity contribution is 0.0627. The van der Waals surface area contributed by atoms with Gasteiger partial charge in [0.05, 0.1) is 16.9 Å². The molecule has 0 atom stereocenters. The summed E-state index contributed by atoms with van der Waals surface area (Å²) in [7, 11) is 0. The fourth-order valence-corrected chi connectivity index (χ4v) is 4.56. The largest absolute Gasteiger partial charge is 0.336 e. The van der Waals surface area contributed by atoms with Gasteiger partial charge in [0, 0.05) is 43.9 Å². The van der Waals surface area contributed by atoms with Gasteiger partial charge >= 0.3 is 0 Å². The lowest BCUT2D eigenvalue weighted by Gasteiger charge is -2.35. The molecule has 1 aliphatic heterocycles. The summed E-state index contributed by atoms with van der Waals surface area (Å²) in [6, 6.07) is 23.7. The summed E-state index contributed by atoms with van der Waals surface area (Å²) in [5.41, 5.74) is 4.13. The van der Waals surface area contributed by atoms with Crippen LogP contribution in [0, 0.1) is 18.6 Å². The molecule has 5 rings (SSSR count). The first kappa shape index (κ1) is 22.9. The quantitative estimate of drug-likeness (QED) is 0.407. The third kappa shape index (κ3) is 4.59. The highest BCUT2D eigenvalue weighted by Gasteiger charge is 2.29. The Morgan fingerprint density at radius 3 is 2.20 bits per heavy atom. The second-order valence-electron chi connectivity index (χ2n) is 8.70. The van der Waals surface area contributed by atoms with Crippen molar-refractivity contribution in [2.24, 2.45) is 0 Å². The van der Waals surface area contributed by atoms with Gasteiger partial charge in [-0.25, -0.2) is 13.5 Å². The van der Waals surface area contributed by atoms with Crippen molar-refractivity contribution in [3.8, 4) is 16.9 Å². The Hall–Kier alpha value is -3.84. The maximum Gasteiger partial charge on any atom is 0.258 e. The molecule has 0 bridgehead atoms. The number of halogens is 2. The van der Waals surface area contributed by atoms with E-state index in [9.17, 15) is 13.6 Å². The summed E-state index contributed by atoms with van der Waals surface area (Å²) < 4.78 is 29.5. The minimum atomic E-state index is -0.837. The van der Waals surface area contributed by atoms with Crippen molar-refractivity contribution in [1.29, 1.82) is 0 Å². The number of amides is 1. The molecule has 1 aliphatic rings. The van der Waals surface area contributed by atoms with E-state index in [1.165, 1.54) is 6.07 Å². The molecule has 1 amide bonds. The molecular formula is C28H26F2N4O. The number of para-hydroxylation sites is 1. The van der Waals surface area contributed by atoms with Crippen molar-refractivity contribution in [2.75, 3.05) is 26.2 Å². The first-order chi connectivity index (χ1) is 17.0. The molecule has 1 saturated heterocycles. The van der Waals surface area contributed by atoms with Gasteiger partial charge in [0.2, 0.25) is 0 Å². The van der Waals surface area contributed by atoms with Crippen molar-refractivity contribution in [1.82, 2.24) is 19.6 Å². The summed E-state index contributed by atoms with van der Waals surface area (Å²) in [6.07, 6.45) is 0. The van der Waals surface area contributed by atoms with Gasteiger partial charge in [-0.1, -0.05) is 60.7 Å². The predicted octanol–water partition coefficient (Wildman–Crippen LogP) is 5.08. The smallest absolute Gasteiger partial charge is 0.258 e. The Morgan fingerprint density at radius 2 is 1.51 bits per heavy atom. The highest BCUT2D eigenvalue weighted by Crippen LogP contribution is 2.29. The van der Waals surface area contributed by atoms with Crippen LogP contribution in [0.2, 0.25) is 0 Å². The van der Waals surface area contributed by atoms with E-state index in [2.05, 4.69) is 0 Å². The summed E-state index contributed by atoms with van der Waals surface area (Å²) in [5, 5.41) is 4.84. The van der Waals surface area contributed by atoms with Gasteiger partial charge < -0.3 is 4.90 Å². The average Bonchev–Trinajstić information content (AvgIpc) is 3.25. The summed E-state index contributed by atoms with van der Waals surface area (Å²) in [4.78, 5) is 17.6. The molecule has 0 unspecified atom stereocenters. The number of carbonyl (C=O) groups is 1. The molecule has 3 aromatic carbocycles. The zero-order valence-electron chi connectivity index (χ0n) is 19.5. The zero-order chi connectivity index (χ0) is 24.4. The van der Waals surface area contributed by atoms with Gasteiger partial charge in [-0.2, -0.15) is 5.10 Å². The molecule has 1 fully saturated rings. The number of aromatic nitrogens is 2. The summed E-state index contributed by atoms with van der Waals surface area (Å²) in [5.74, 6) is -1.71. The van der Waals surface area contributed by atoms with Crippen molar-refractivity contribution in [3.63, 3.8) is 0 Å². The topological polar surface area (TPSA) is 41.4 Å². The fourth-order valence-electron chi connectivity index (χ4n) is 4.56. The zero-order valence-corrected chi connectivity index (χ0v) is 19.5. The molecule has 178 valence electrons. The Morgan fingerprint density at radius 1 is 0.857 bits per heavy atom. The monoisotopic (exact) mass is 472 g/mol. The van der Waals surface area contributed by atoms with Gasteiger partial charge in [-0.15, -0.1) is 0 Å². The van der Waals surface area contributed by atoms with Crippen molar-refractivity contribution in [3.05, 3.63) is 107 Å². The molecule has 0 aliphatic carbocycles. The fraction of sp³-hybridized carbons (Fsp3) is 0.214. The third-order valence-electron chi connectivity index (χ3n) is 6.46. The van der Waals surface area contributed by atoms with Crippen LogP contribution < -0.4 is 0 Å². The molecule has 7 heteroatoms. The molecule has 0 saturated carbocycles. The molecule has 4 aromatic rings. The molecule has 1 aromatic heterocycles. The number of nitrogens with zero attached hydrogens (tertiary/aromatic N) is 4. The molecule has 0 spiro atoms. The number of hydrogen-bond donors (Lipinski definition) is 0. The van der Waals surface area contributed by atoms with E-state index in [4.69, 9.17) is 5.10 Å². The average molecular weight is 473 g/mol. The van der Waals surface area contributed by atoms with E-state index in [-0.39, 0.29) is 5.91 Å². The van der Waals surface area contributed by atoms with E-state index in [0.29, 0.717) is 49.5 Å². The maximum atomic E-state index is 14.1. The normalized spacial score (nSPS) is 14.3. The van der Waals surface area contributed by atoms with Crippen LogP contribution in [-0.2, 0) is 6.54 Å². The van der Waals surface area contributed by atoms with Gasteiger partial charge in [0.25, 0.3) is 5.91 Å². The number of piperazine rings is 1. The molecule has 0 N–H and O–H groups in total. The lowest BCUT2D eigenvalue weighted by Crippen LogP contribution is -2.48. The van der Waals surface area contributed by atoms with Gasteiger partial charge in [0.1, 0.15) is 5.69 Å². The molecule has 5 nitrogen and oxygen atoms in total. The highest BCUT2D eigenvalue weighted by molar-refractivity contribution is 6.01. The Balaban J connectivity index is 1.39. The van der Waals surface area contributed by atoms with E-state index in [1.54, 1.807) is 6.07 Å². The van der Waals surface area contributed by atoms with E-state index < -0.39 is 11.6 Å². The minimum Gasteiger partial charge on any atom is -0.336 e. The number of rotatable bonds is 5. The summed E-state index contributed by atoms with van der Waals surface area (Å²) in [6.45, 7) is 4.39. The van der Waals surface area contributed by atoms with E-state index in [1.807, 2.05) is 82.1 Å². The van der Waals surface area contributed by atoms with Crippen molar-refractivity contribution in [2.45, 2.75) is 13.5 Å². The molecule has 0 radical (unpaired) electrons. The molecular weight excluding hydrogens is 446 g/mol. The Labute approximate surface area is 203 Å². The van der Waals surface area contributed by atoms with Crippen LogP contribution in [0.5, 0.6) is 0 Å². The van der Waals surface area contributed by atoms with Crippen LogP contribution in [0.25, 0.3) is 16.9 Å². The molecule has 2 heterocycles. The Kier molecular flexibility index (Phi) is 6.42. The van der Waals surface area contributed by atoms with Crippen LogP contribution in [0.3, 0.4) is 0 Å². The first-order valence-electron chi connectivity index (χ1n) is 11.7. The van der Waals surface area contributed by atoms with E-state index in [0.717, 1.165) is 23.0 Å². The lowest BCUT2D eigenvalue weighted by atomic mass is 10.0. The van der Waals surface area contributed by atoms with Crippen LogP contribution >= 0.6 is 0 Å². The van der Waals surface area contributed by atoms with Crippen LogP contribution in [-0.4, -0.2) is 51.7 Å². The number of hydrogen-bond acceptors (Lipinski definition) is 3. The van der Waals surface area contributed by atoms with Crippen LogP contribution in [0.4, 0.5) is 8.78 Å². The van der Waals surface area contributed by atoms with Crippen molar-refractivity contribution < 1.29 is 13.6 Å². The second-order valence-corrected chi connectivity index (χ2v) is 8.70. The van der Waals surface area contributed by atoms with Crippen LogP contribution in [0.1, 0.15) is 21.6 Å². The van der Waals surface area contributed by atoms with Gasteiger partial charge in [0.15, 0.2) is 11.6 Å². The standard InChI is InChI=1S/C28H26F2N4O/c1-20-25(27(21-9-4-2-5-10-21)31-34(20)23-12-6-3-7-13-23)28(35)33-17-15-32(16-18-33)19-22-11-8-14-24(29)26(22)30/h2-14H,15-19H2,1H3. The van der Waals surface area contributed by atoms with E-state index >= 15 is 0 Å². The molecule has 35 heavy (non-hydrogen) atoms. The Bertz CT molecular complexity index is 1330. The SMILES string of the molecule is Cc1c(C(=O)N2CCN(Cc3cccc(F)c3F)CC2)c(-c2ccccc2)nn1-c1ccccc1. The number of carbonyl (C=O) groups excluding carboxylic acids is 1. The van der Waals surface area contributed by atoms with Crippen LogP contribution in [0.15, 0.2) is 78.9 Å². The summed E-state index contributed by atoms with van der Waals surface area (Å²) >= 11 is 0. The maximum absolute atomic E-state index is 14.1. The first-order valence-corrected chi connectivity index (χ1v) is 11.7. The second kappa shape index (κ2) is 9.80. The third-order valence-corrected chi connectivity index (χ3v) is 6.46. The highest BCUT2D eigenvalue weighted by atomic mass is 19.2. The number of benzene rings is 3. The minimum absolute atomic E-state index is 0.0693. The van der Waals surface area contributed by atoms with Gasteiger partial charge in [-0.05, 0) is 25.1 Å². The van der Waals surface area contributed by atoms with Gasteiger partial charge in [-0.3, -0.25) is 9.69 Å². The predicted molar refractivity (Wildman–Crippen MR) is 131 cm³/mol.